The van der Waals surface area contributed by atoms with Crippen molar-refractivity contribution in [3.8, 4) is 0 Å². The first-order valence-corrected chi connectivity index (χ1v) is 12.2. The molecule has 1 aromatic carbocycles. The second kappa shape index (κ2) is 9.14. The highest BCUT2D eigenvalue weighted by Crippen LogP contribution is 2.37. The van der Waals surface area contributed by atoms with E-state index in [2.05, 4.69) is 10.00 Å². The van der Waals surface area contributed by atoms with Crippen molar-refractivity contribution in [2.45, 2.75) is 63.4 Å². The van der Waals surface area contributed by atoms with Gasteiger partial charge in [0.15, 0.2) is 11.2 Å². The van der Waals surface area contributed by atoms with Gasteiger partial charge in [0, 0.05) is 30.7 Å². The summed E-state index contributed by atoms with van der Waals surface area (Å²) in [7, 11) is 0. The van der Waals surface area contributed by atoms with Gasteiger partial charge >= 0.3 is 16.9 Å². The third-order valence-corrected chi connectivity index (χ3v) is 7.28. The third-order valence-electron chi connectivity index (χ3n) is 7.28. The fraction of sp³-hybridized carbons (Fsp3) is 0.440. The molecule has 2 aliphatic rings. The van der Waals surface area contributed by atoms with Gasteiger partial charge in [-0.2, -0.15) is 0 Å². The van der Waals surface area contributed by atoms with Gasteiger partial charge in [0.25, 0.3) is 5.71 Å². The maximum absolute atomic E-state index is 13.9. The van der Waals surface area contributed by atoms with Gasteiger partial charge in [-0.1, -0.05) is 18.2 Å². The number of hydrogen-bond donors (Lipinski definition) is 0. The summed E-state index contributed by atoms with van der Waals surface area (Å²) in [5.74, 6) is -0.236. The highest BCUT2D eigenvalue weighted by Gasteiger charge is 2.40. The van der Waals surface area contributed by atoms with Gasteiger partial charge in [-0.3, -0.25) is 4.90 Å². The molecule has 3 aromatic heterocycles. The van der Waals surface area contributed by atoms with Crippen molar-refractivity contribution < 1.29 is 18.0 Å². The zero-order chi connectivity index (χ0) is 24.8. The van der Waals surface area contributed by atoms with Gasteiger partial charge in [-0.15, -0.1) is 5.10 Å². The minimum Gasteiger partial charge on any atom is -0.412 e. The number of nitrogens with zero attached hydrogens (tertiary/aromatic N) is 4. The van der Waals surface area contributed by atoms with Crippen molar-refractivity contribution in [3.05, 3.63) is 79.1 Å². The van der Waals surface area contributed by atoms with Crippen LogP contribution >= 0.6 is 0 Å². The standard InChI is InChI=1S/C25H25FN4O6/c26-19-5-2-1-4-15(19)14-34-18-12-16-6-7-17(13-18)28(16)10-3-11-29-25(33)30-21(27-29)9-8-20-22(30)36-24(32)23(31)35-20/h1-2,4-5,8-9,16-18H,3,6-7,10-14H2. The van der Waals surface area contributed by atoms with E-state index in [1.165, 1.54) is 22.9 Å². The van der Waals surface area contributed by atoms with Crippen molar-refractivity contribution in [3.63, 3.8) is 0 Å². The van der Waals surface area contributed by atoms with Gasteiger partial charge in [0.1, 0.15) is 5.82 Å². The van der Waals surface area contributed by atoms with Crippen LogP contribution < -0.4 is 16.9 Å². The summed E-state index contributed by atoms with van der Waals surface area (Å²) in [6.45, 7) is 1.50. The average molecular weight is 496 g/mol. The molecule has 188 valence electrons. The number of halogens is 1. The lowest BCUT2D eigenvalue weighted by atomic mass is 9.99. The number of benzene rings is 1. The summed E-state index contributed by atoms with van der Waals surface area (Å²) in [5.41, 5.74) is -2.01. The molecule has 0 spiro atoms. The summed E-state index contributed by atoms with van der Waals surface area (Å²) in [5, 5.41) is 4.34. The molecule has 2 unspecified atom stereocenters. The molecular formula is C25H25FN4O6. The van der Waals surface area contributed by atoms with E-state index in [1.807, 2.05) is 6.07 Å². The highest BCUT2D eigenvalue weighted by molar-refractivity contribution is 5.69. The normalized spacial score (nSPS) is 22.1. The van der Waals surface area contributed by atoms with Crippen molar-refractivity contribution in [2.75, 3.05) is 6.54 Å². The van der Waals surface area contributed by atoms with E-state index in [9.17, 15) is 18.8 Å². The Balaban J connectivity index is 1.10. The Morgan fingerprint density at radius 3 is 2.50 bits per heavy atom. The molecule has 0 amide bonds. The average Bonchev–Trinajstić information content (AvgIpc) is 3.31. The van der Waals surface area contributed by atoms with Crippen LogP contribution in [0, 0.1) is 5.82 Å². The van der Waals surface area contributed by atoms with Crippen LogP contribution in [-0.2, 0) is 17.9 Å². The SMILES string of the molecule is O=c1oc2ccc3nn(CCCN4C5CCC4CC(OCc4ccccc4F)C5)c(=O)n3c2oc1=O. The van der Waals surface area contributed by atoms with Crippen LogP contribution in [0.25, 0.3) is 16.9 Å². The van der Waals surface area contributed by atoms with Crippen LogP contribution in [0.3, 0.4) is 0 Å². The largest absolute Gasteiger partial charge is 0.424 e. The van der Waals surface area contributed by atoms with Crippen molar-refractivity contribution in [1.82, 2.24) is 19.1 Å². The van der Waals surface area contributed by atoms with Crippen LogP contribution in [0.5, 0.6) is 0 Å². The Kier molecular flexibility index (Phi) is 5.81. The molecule has 2 aliphatic heterocycles. The number of ether oxygens (including phenoxy) is 1. The summed E-state index contributed by atoms with van der Waals surface area (Å²) < 4.78 is 32.4. The molecule has 5 heterocycles. The molecule has 10 nitrogen and oxygen atoms in total. The third kappa shape index (κ3) is 4.07. The number of pyridine rings is 1. The monoisotopic (exact) mass is 496 g/mol. The minimum absolute atomic E-state index is 0.00502. The molecule has 36 heavy (non-hydrogen) atoms. The van der Waals surface area contributed by atoms with E-state index in [1.54, 1.807) is 12.1 Å². The Bertz CT molecular complexity index is 1590. The van der Waals surface area contributed by atoms with Crippen molar-refractivity contribution >= 4 is 16.9 Å². The zero-order valence-electron chi connectivity index (χ0n) is 19.5. The van der Waals surface area contributed by atoms with E-state index in [4.69, 9.17) is 13.6 Å². The molecule has 2 bridgehead atoms. The first-order chi connectivity index (χ1) is 17.5. The fourth-order valence-corrected chi connectivity index (χ4v) is 5.60. The summed E-state index contributed by atoms with van der Waals surface area (Å²) in [6.07, 6.45) is 4.87. The van der Waals surface area contributed by atoms with Gasteiger partial charge in [0.2, 0.25) is 0 Å². The van der Waals surface area contributed by atoms with E-state index in [-0.39, 0.29) is 29.8 Å². The second-order valence-electron chi connectivity index (χ2n) is 9.45. The van der Waals surface area contributed by atoms with Crippen LogP contribution in [0.2, 0.25) is 0 Å². The minimum atomic E-state index is -1.17. The summed E-state index contributed by atoms with van der Waals surface area (Å²) in [6, 6.07) is 10.5. The lowest BCUT2D eigenvalue weighted by Gasteiger charge is -2.38. The smallest absolute Gasteiger partial charge is 0.412 e. The Morgan fingerprint density at radius 2 is 1.72 bits per heavy atom. The molecule has 0 saturated carbocycles. The second-order valence-corrected chi connectivity index (χ2v) is 9.45. The molecule has 11 heteroatoms. The molecule has 6 rings (SSSR count). The Morgan fingerprint density at radius 1 is 0.972 bits per heavy atom. The van der Waals surface area contributed by atoms with Crippen molar-refractivity contribution in [1.29, 1.82) is 0 Å². The van der Waals surface area contributed by atoms with Crippen LogP contribution in [-0.4, -0.2) is 43.8 Å². The number of aromatic nitrogens is 3. The molecular weight excluding hydrogens is 471 g/mol. The van der Waals surface area contributed by atoms with Crippen molar-refractivity contribution in [2.24, 2.45) is 0 Å². The lowest BCUT2D eigenvalue weighted by molar-refractivity contribution is -0.0293. The van der Waals surface area contributed by atoms with Crippen LogP contribution in [0.4, 0.5) is 4.39 Å². The first-order valence-electron chi connectivity index (χ1n) is 12.2. The van der Waals surface area contributed by atoms with E-state index >= 15 is 0 Å². The zero-order valence-corrected chi connectivity index (χ0v) is 19.5. The number of rotatable bonds is 7. The van der Waals surface area contributed by atoms with Crippen LogP contribution in [0.15, 0.2) is 59.6 Å². The Hall–Kier alpha value is -3.57. The molecule has 0 aliphatic carbocycles. The molecule has 4 aromatic rings. The summed E-state index contributed by atoms with van der Waals surface area (Å²) in [4.78, 5) is 38.5. The Labute approximate surface area is 203 Å². The molecule has 0 N–H and O–H groups in total. The molecule has 2 fully saturated rings. The van der Waals surface area contributed by atoms with Gasteiger partial charge in [-0.05, 0) is 50.3 Å². The quantitative estimate of drug-likeness (QED) is 0.358. The van der Waals surface area contributed by atoms with Gasteiger partial charge in [0.05, 0.1) is 12.7 Å². The van der Waals surface area contributed by atoms with Gasteiger partial charge < -0.3 is 13.6 Å². The first kappa shape index (κ1) is 22.9. The number of hydrogen-bond acceptors (Lipinski definition) is 8. The maximum Gasteiger partial charge on any atom is 0.424 e. The number of piperidine rings is 1. The van der Waals surface area contributed by atoms with Crippen LogP contribution in [0.1, 0.15) is 37.7 Å². The predicted octanol–water partition coefficient (Wildman–Crippen LogP) is 2.30. The number of aryl methyl sites for hydroxylation is 1. The van der Waals surface area contributed by atoms with E-state index in [0.29, 0.717) is 36.3 Å². The van der Waals surface area contributed by atoms with E-state index < -0.39 is 16.9 Å². The topological polar surface area (TPSA) is 112 Å². The molecule has 2 saturated heterocycles. The molecule has 0 radical (unpaired) electrons. The molecule has 2 atom stereocenters. The number of fused-ring (bicyclic) bond motifs is 5. The maximum atomic E-state index is 13.9. The van der Waals surface area contributed by atoms with Gasteiger partial charge in [-0.25, -0.2) is 27.9 Å². The fourth-order valence-electron chi connectivity index (χ4n) is 5.60. The highest BCUT2D eigenvalue weighted by atomic mass is 19.1. The summed E-state index contributed by atoms with van der Waals surface area (Å²) >= 11 is 0. The van der Waals surface area contributed by atoms with E-state index in [0.717, 1.165) is 36.6 Å². The lowest BCUT2D eigenvalue weighted by Crippen LogP contribution is -2.46. The predicted molar refractivity (Wildman–Crippen MR) is 126 cm³/mol.